The van der Waals surface area contributed by atoms with E-state index in [-0.39, 0.29) is 5.25 Å². The average Bonchev–Trinajstić information content (AvgIpc) is 2.48. The second kappa shape index (κ2) is 5.33. The molecule has 2 N–H and O–H groups in total. The van der Waals surface area contributed by atoms with E-state index in [2.05, 4.69) is 35.3 Å². The zero-order chi connectivity index (χ0) is 13.1. The summed E-state index contributed by atoms with van der Waals surface area (Å²) in [6, 6.07) is 20.5. The van der Waals surface area contributed by atoms with Crippen LogP contribution in [0.15, 0.2) is 71.7 Å². The maximum absolute atomic E-state index is 5.96. The number of nitrogens with zero attached hydrogens (tertiary/aromatic N) is 1. The van der Waals surface area contributed by atoms with Crippen molar-refractivity contribution >= 4 is 22.6 Å². The van der Waals surface area contributed by atoms with Crippen LogP contribution in [0.5, 0.6) is 0 Å². The molecule has 3 heteroatoms. The van der Waals surface area contributed by atoms with Crippen LogP contribution in [0.3, 0.4) is 0 Å². The zero-order valence-electron chi connectivity index (χ0n) is 10.4. The third kappa shape index (κ3) is 2.71. The summed E-state index contributed by atoms with van der Waals surface area (Å²) in [4.78, 5) is 4.45. The van der Waals surface area contributed by atoms with E-state index in [0.717, 1.165) is 11.3 Å². The van der Waals surface area contributed by atoms with Crippen LogP contribution in [0.4, 0.5) is 0 Å². The summed E-state index contributed by atoms with van der Waals surface area (Å²) >= 11 is 1.59. The molecule has 1 aliphatic heterocycles. The maximum atomic E-state index is 5.96. The number of amidine groups is 1. The molecule has 3 rings (SSSR count). The Balaban J connectivity index is 1.98. The molecule has 0 saturated carbocycles. The molecule has 0 bridgehead atoms. The molecule has 0 aromatic heterocycles. The van der Waals surface area contributed by atoms with Gasteiger partial charge in [0.1, 0.15) is 0 Å². The Morgan fingerprint density at radius 2 is 1.53 bits per heavy atom. The largest absolute Gasteiger partial charge is 0.378 e. The van der Waals surface area contributed by atoms with Gasteiger partial charge in [-0.1, -0.05) is 72.4 Å². The quantitative estimate of drug-likeness (QED) is 0.897. The van der Waals surface area contributed by atoms with E-state index in [9.17, 15) is 0 Å². The molecule has 0 radical (unpaired) electrons. The first-order valence-electron chi connectivity index (χ1n) is 6.16. The fourth-order valence-electron chi connectivity index (χ4n) is 2.07. The number of aliphatic imine (C=N–C) groups is 1. The van der Waals surface area contributed by atoms with Crippen LogP contribution in [0.25, 0.3) is 5.70 Å². The van der Waals surface area contributed by atoms with Gasteiger partial charge in [0.05, 0.1) is 10.9 Å². The molecule has 2 aromatic carbocycles. The van der Waals surface area contributed by atoms with Gasteiger partial charge in [0.15, 0.2) is 5.17 Å². The molecule has 1 heterocycles. The van der Waals surface area contributed by atoms with Crippen molar-refractivity contribution in [3.8, 4) is 0 Å². The van der Waals surface area contributed by atoms with Crippen molar-refractivity contribution in [3.63, 3.8) is 0 Å². The molecule has 2 aromatic rings. The van der Waals surface area contributed by atoms with Gasteiger partial charge >= 0.3 is 0 Å². The Morgan fingerprint density at radius 3 is 2.21 bits per heavy atom. The summed E-state index contributed by atoms with van der Waals surface area (Å²) in [6.45, 7) is 0. The van der Waals surface area contributed by atoms with Gasteiger partial charge in [-0.2, -0.15) is 0 Å². The molecule has 2 nitrogen and oxygen atoms in total. The zero-order valence-corrected chi connectivity index (χ0v) is 11.2. The smallest absolute Gasteiger partial charge is 0.160 e. The maximum Gasteiger partial charge on any atom is 0.160 e. The third-order valence-corrected chi connectivity index (χ3v) is 3.98. The van der Waals surface area contributed by atoms with Crippen molar-refractivity contribution in [3.05, 3.63) is 77.9 Å². The van der Waals surface area contributed by atoms with Gasteiger partial charge in [0.2, 0.25) is 0 Å². The molecule has 1 atom stereocenters. The van der Waals surface area contributed by atoms with Crippen molar-refractivity contribution < 1.29 is 0 Å². The summed E-state index contributed by atoms with van der Waals surface area (Å²) < 4.78 is 0. The molecule has 94 valence electrons. The van der Waals surface area contributed by atoms with Gasteiger partial charge in [-0.15, -0.1) is 0 Å². The predicted octanol–water partition coefficient (Wildman–Crippen LogP) is 3.83. The van der Waals surface area contributed by atoms with Gasteiger partial charge in [-0.3, -0.25) is 0 Å². The topological polar surface area (TPSA) is 38.4 Å². The van der Waals surface area contributed by atoms with E-state index in [1.807, 2.05) is 36.4 Å². The van der Waals surface area contributed by atoms with Crippen LogP contribution >= 0.6 is 11.8 Å². The summed E-state index contributed by atoms with van der Waals surface area (Å²) in [5.74, 6) is 0. The molecule has 1 aliphatic rings. The van der Waals surface area contributed by atoms with Crippen LogP contribution in [-0.2, 0) is 0 Å². The summed E-state index contributed by atoms with van der Waals surface area (Å²) in [5.41, 5.74) is 9.26. The molecular weight excluding hydrogens is 252 g/mol. The predicted molar refractivity (Wildman–Crippen MR) is 82.8 cm³/mol. The summed E-state index contributed by atoms with van der Waals surface area (Å²) in [5, 5.41) is 0.851. The minimum atomic E-state index is 0.230. The van der Waals surface area contributed by atoms with E-state index in [0.29, 0.717) is 5.17 Å². The van der Waals surface area contributed by atoms with Gasteiger partial charge in [0.25, 0.3) is 0 Å². The van der Waals surface area contributed by atoms with E-state index >= 15 is 0 Å². The normalized spacial score (nSPS) is 18.6. The van der Waals surface area contributed by atoms with Crippen molar-refractivity contribution in [2.45, 2.75) is 5.25 Å². The van der Waals surface area contributed by atoms with Gasteiger partial charge in [-0.05, 0) is 17.2 Å². The lowest BCUT2D eigenvalue weighted by Crippen LogP contribution is -2.12. The van der Waals surface area contributed by atoms with Crippen molar-refractivity contribution in [1.29, 1.82) is 0 Å². The average molecular weight is 266 g/mol. The Labute approximate surface area is 117 Å². The van der Waals surface area contributed by atoms with Gasteiger partial charge in [-0.25, -0.2) is 4.99 Å². The van der Waals surface area contributed by atoms with Crippen molar-refractivity contribution in [2.24, 2.45) is 10.7 Å². The monoisotopic (exact) mass is 266 g/mol. The Morgan fingerprint density at radius 1 is 0.895 bits per heavy atom. The van der Waals surface area contributed by atoms with Gasteiger partial charge < -0.3 is 5.73 Å². The molecule has 0 aliphatic carbocycles. The second-order valence-electron chi connectivity index (χ2n) is 4.32. The number of nitrogens with two attached hydrogens (primary N) is 1. The fourth-order valence-corrected chi connectivity index (χ4v) is 2.97. The molecule has 0 spiro atoms. The number of benzene rings is 2. The van der Waals surface area contributed by atoms with Crippen LogP contribution in [0.1, 0.15) is 16.4 Å². The first-order chi connectivity index (χ1) is 9.33. The van der Waals surface area contributed by atoms with Crippen LogP contribution in [-0.4, -0.2) is 5.17 Å². The highest BCUT2D eigenvalue weighted by atomic mass is 32.2. The highest BCUT2D eigenvalue weighted by molar-refractivity contribution is 8.14. The fraction of sp³-hybridized carbons (Fsp3) is 0.0625. The minimum Gasteiger partial charge on any atom is -0.378 e. The second-order valence-corrected chi connectivity index (χ2v) is 5.48. The third-order valence-electron chi connectivity index (χ3n) is 2.99. The van der Waals surface area contributed by atoms with Crippen LogP contribution in [0.2, 0.25) is 0 Å². The van der Waals surface area contributed by atoms with E-state index in [4.69, 9.17) is 5.73 Å². The van der Waals surface area contributed by atoms with Crippen molar-refractivity contribution in [2.75, 3.05) is 0 Å². The molecule has 1 unspecified atom stereocenters. The number of rotatable bonds is 2. The van der Waals surface area contributed by atoms with E-state index < -0.39 is 0 Å². The molecular formula is C16H14N2S. The van der Waals surface area contributed by atoms with Crippen molar-refractivity contribution in [1.82, 2.24) is 0 Å². The van der Waals surface area contributed by atoms with Crippen LogP contribution < -0.4 is 5.73 Å². The Kier molecular flexibility index (Phi) is 3.38. The first-order valence-corrected chi connectivity index (χ1v) is 7.04. The number of hydrogen-bond donors (Lipinski definition) is 1. The first kappa shape index (κ1) is 12.1. The van der Waals surface area contributed by atoms with Gasteiger partial charge in [0, 0.05) is 0 Å². The standard InChI is InChI=1S/C16H14N2S/c17-16-18-14(12-7-3-1-4-8-12)11-15(19-16)13-9-5-2-6-10-13/h1-11,15H,(H2,17,18). The van der Waals surface area contributed by atoms with Crippen LogP contribution in [0, 0.1) is 0 Å². The molecule has 19 heavy (non-hydrogen) atoms. The Bertz CT molecular complexity index is 618. The Hall–Kier alpha value is -2.00. The number of hydrogen-bond acceptors (Lipinski definition) is 3. The highest BCUT2D eigenvalue weighted by Gasteiger charge is 2.18. The highest BCUT2D eigenvalue weighted by Crippen LogP contribution is 2.37. The molecule has 0 saturated heterocycles. The SMILES string of the molecule is NC1=NC(c2ccccc2)=CC(c2ccccc2)S1. The summed E-state index contributed by atoms with van der Waals surface area (Å²) in [6.07, 6.45) is 2.17. The lowest BCUT2D eigenvalue weighted by atomic mass is 10.1. The lowest BCUT2D eigenvalue weighted by Gasteiger charge is -2.18. The van der Waals surface area contributed by atoms with E-state index in [1.54, 1.807) is 11.8 Å². The summed E-state index contributed by atoms with van der Waals surface area (Å²) in [7, 11) is 0. The number of thioether (sulfide) groups is 1. The van der Waals surface area contributed by atoms with E-state index in [1.165, 1.54) is 5.56 Å². The minimum absolute atomic E-state index is 0.230. The molecule has 0 amide bonds. The lowest BCUT2D eigenvalue weighted by molar-refractivity contribution is 1.22. The molecule has 0 fully saturated rings.